The van der Waals surface area contributed by atoms with E-state index in [1.165, 1.54) is 6.07 Å². The van der Waals surface area contributed by atoms with Gasteiger partial charge in [-0.25, -0.2) is 9.38 Å². The summed E-state index contributed by atoms with van der Waals surface area (Å²) in [4.78, 5) is 4.45. The van der Waals surface area contributed by atoms with Gasteiger partial charge >= 0.3 is 0 Å². The van der Waals surface area contributed by atoms with Gasteiger partial charge in [-0.15, -0.1) is 0 Å². The lowest BCUT2D eigenvalue weighted by atomic mass is 10.1. The Bertz CT molecular complexity index is 734. The van der Waals surface area contributed by atoms with Crippen molar-refractivity contribution in [2.75, 3.05) is 11.9 Å². The molecule has 0 spiro atoms. The van der Waals surface area contributed by atoms with Crippen molar-refractivity contribution in [3.8, 4) is 5.75 Å². The van der Waals surface area contributed by atoms with Crippen molar-refractivity contribution in [1.82, 2.24) is 5.32 Å². The molecule has 0 unspecified atom stereocenters. The van der Waals surface area contributed by atoms with Crippen LogP contribution in [0.25, 0.3) is 0 Å². The van der Waals surface area contributed by atoms with Crippen molar-refractivity contribution >= 4 is 27.6 Å². The van der Waals surface area contributed by atoms with E-state index in [4.69, 9.17) is 0 Å². The lowest BCUT2D eigenvalue weighted by molar-refractivity contribution is 0.478. The molecular weight excluding hydrogens is 385 g/mol. The molecular formula is C19H23BrFN3O. The number of phenols is 1. The maximum atomic E-state index is 13.9. The van der Waals surface area contributed by atoms with Crippen molar-refractivity contribution in [2.24, 2.45) is 10.9 Å². The van der Waals surface area contributed by atoms with Gasteiger partial charge in [0.15, 0.2) is 5.96 Å². The summed E-state index contributed by atoms with van der Waals surface area (Å²) in [6, 6.07) is 11.7. The van der Waals surface area contributed by atoms with Gasteiger partial charge in [0.1, 0.15) is 11.6 Å². The van der Waals surface area contributed by atoms with E-state index < -0.39 is 0 Å². The van der Waals surface area contributed by atoms with Crippen LogP contribution >= 0.6 is 15.9 Å². The minimum Gasteiger partial charge on any atom is -0.506 e. The second kappa shape index (κ2) is 9.42. The number of anilines is 1. The van der Waals surface area contributed by atoms with Gasteiger partial charge in [0.2, 0.25) is 0 Å². The van der Waals surface area contributed by atoms with E-state index in [0.717, 1.165) is 17.4 Å². The van der Waals surface area contributed by atoms with E-state index in [-0.39, 0.29) is 18.1 Å². The summed E-state index contributed by atoms with van der Waals surface area (Å²) in [5, 5.41) is 16.2. The highest BCUT2D eigenvalue weighted by Crippen LogP contribution is 2.21. The third-order valence-corrected chi connectivity index (χ3v) is 4.08. The van der Waals surface area contributed by atoms with Crippen LogP contribution in [-0.4, -0.2) is 17.6 Å². The van der Waals surface area contributed by atoms with Crippen molar-refractivity contribution in [3.05, 3.63) is 58.3 Å². The molecule has 0 atom stereocenters. The Morgan fingerprint density at radius 2 is 2.00 bits per heavy atom. The SMILES string of the molecule is CC(C)CCNC(=NCc1cc(Br)ccc1F)Nc1ccccc1O. The number of nitrogens with zero attached hydrogens (tertiary/aromatic N) is 1. The van der Waals surface area contributed by atoms with Crippen molar-refractivity contribution in [3.63, 3.8) is 0 Å². The van der Waals surface area contributed by atoms with Crippen molar-refractivity contribution in [1.29, 1.82) is 0 Å². The fourth-order valence-corrected chi connectivity index (χ4v) is 2.56. The molecule has 3 N–H and O–H groups in total. The summed E-state index contributed by atoms with van der Waals surface area (Å²) < 4.78 is 14.7. The van der Waals surface area contributed by atoms with Crippen LogP contribution in [0.2, 0.25) is 0 Å². The van der Waals surface area contributed by atoms with Crippen LogP contribution in [0.1, 0.15) is 25.8 Å². The molecule has 0 aliphatic carbocycles. The second-order valence-corrected chi connectivity index (χ2v) is 7.07. The van der Waals surface area contributed by atoms with Crippen LogP contribution in [0.15, 0.2) is 51.9 Å². The molecule has 0 radical (unpaired) electrons. The molecule has 0 aromatic heterocycles. The topological polar surface area (TPSA) is 56.7 Å². The number of para-hydroxylation sites is 2. The maximum absolute atomic E-state index is 13.9. The summed E-state index contributed by atoms with van der Waals surface area (Å²) in [7, 11) is 0. The highest BCUT2D eigenvalue weighted by molar-refractivity contribution is 9.10. The normalized spacial score (nSPS) is 11.6. The van der Waals surface area contributed by atoms with Gasteiger partial charge in [0.05, 0.1) is 12.2 Å². The fraction of sp³-hybridized carbons (Fsp3) is 0.316. The molecule has 2 rings (SSSR count). The van der Waals surface area contributed by atoms with Crippen LogP contribution < -0.4 is 10.6 Å². The minimum absolute atomic E-state index is 0.134. The van der Waals surface area contributed by atoms with Crippen LogP contribution in [0, 0.1) is 11.7 Å². The summed E-state index contributed by atoms with van der Waals surface area (Å²) in [6.07, 6.45) is 0.979. The number of halogens is 2. The Morgan fingerprint density at radius 1 is 1.24 bits per heavy atom. The van der Waals surface area contributed by atoms with Crippen LogP contribution in [0.5, 0.6) is 5.75 Å². The van der Waals surface area contributed by atoms with E-state index in [2.05, 4.69) is 45.4 Å². The van der Waals surface area contributed by atoms with Crippen LogP contribution in [0.4, 0.5) is 10.1 Å². The number of phenolic OH excluding ortho intramolecular Hbond substituents is 1. The number of guanidine groups is 1. The summed E-state index contributed by atoms with van der Waals surface area (Å²) in [5.74, 6) is 0.897. The molecule has 0 heterocycles. The number of hydrogen-bond donors (Lipinski definition) is 3. The Hall–Kier alpha value is -2.08. The first kappa shape index (κ1) is 19.2. The number of hydrogen-bond acceptors (Lipinski definition) is 2. The molecule has 25 heavy (non-hydrogen) atoms. The summed E-state index contributed by atoms with van der Waals surface area (Å²) in [6.45, 7) is 5.21. The molecule has 6 heteroatoms. The van der Waals surface area contributed by atoms with Crippen LogP contribution in [-0.2, 0) is 6.54 Å². The molecule has 2 aromatic carbocycles. The van der Waals surface area contributed by atoms with Gasteiger partial charge in [0.25, 0.3) is 0 Å². The average molecular weight is 408 g/mol. The molecule has 0 aliphatic heterocycles. The third kappa shape index (κ3) is 6.38. The molecule has 0 saturated carbocycles. The summed E-state index contributed by atoms with van der Waals surface area (Å²) >= 11 is 3.35. The molecule has 0 bridgehead atoms. The number of aromatic hydroxyl groups is 1. The highest BCUT2D eigenvalue weighted by Gasteiger charge is 2.07. The Kier molecular flexibility index (Phi) is 7.25. The molecule has 0 saturated heterocycles. The Morgan fingerprint density at radius 3 is 2.72 bits per heavy atom. The lowest BCUT2D eigenvalue weighted by Crippen LogP contribution is -2.32. The highest BCUT2D eigenvalue weighted by atomic mass is 79.9. The molecule has 0 aliphatic rings. The van der Waals surface area contributed by atoms with Gasteiger partial charge in [-0.1, -0.05) is 41.9 Å². The van der Waals surface area contributed by atoms with E-state index in [1.807, 2.05) is 6.07 Å². The predicted molar refractivity (Wildman–Crippen MR) is 104 cm³/mol. The predicted octanol–water partition coefficient (Wildman–Crippen LogP) is 4.90. The Labute approximate surface area is 156 Å². The number of rotatable bonds is 6. The zero-order valence-electron chi connectivity index (χ0n) is 14.4. The maximum Gasteiger partial charge on any atom is 0.196 e. The monoisotopic (exact) mass is 407 g/mol. The molecule has 0 fully saturated rings. The van der Waals surface area contributed by atoms with Crippen molar-refractivity contribution in [2.45, 2.75) is 26.8 Å². The summed E-state index contributed by atoms with van der Waals surface area (Å²) in [5.41, 5.74) is 1.05. The fourth-order valence-electron chi connectivity index (χ4n) is 2.15. The lowest BCUT2D eigenvalue weighted by Gasteiger charge is -2.14. The van der Waals surface area contributed by atoms with Gasteiger partial charge < -0.3 is 15.7 Å². The second-order valence-electron chi connectivity index (χ2n) is 6.15. The van der Waals surface area contributed by atoms with E-state index in [9.17, 15) is 9.50 Å². The average Bonchev–Trinajstić information content (AvgIpc) is 2.57. The standard InChI is InChI=1S/C19H23BrFN3O/c1-13(2)9-10-22-19(24-17-5-3-4-6-18(17)25)23-12-14-11-15(20)7-8-16(14)21/h3-8,11,13,25H,9-10,12H2,1-2H3,(H2,22,23,24). The number of nitrogens with one attached hydrogen (secondary N) is 2. The van der Waals surface area contributed by atoms with E-state index >= 15 is 0 Å². The van der Waals surface area contributed by atoms with Crippen LogP contribution in [0.3, 0.4) is 0 Å². The quantitative estimate of drug-likeness (QED) is 0.362. The van der Waals surface area contributed by atoms with E-state index in [0.29, 0.717) is 23.1 Å². The van der Waals surface area contributed by atoms with Gasteiger partial charge in [0, 0.05) is 16.6 Å². The third-order valence-electron chi connectivity index (χ3n) is 3.59. The zero-order valence-corrected chi connectivity index (χ0v) is 16.0. The number of aliphatic imine (C=N–C) groups is 1. The first-order valence-corrected chi connectivity index (χ1v) is 9.02. The smallest absolute Gasteiger partial charge is 0.196 e. The molecule has 0 amide bonds. The van der Waals surface area contributed by atoms with Gasteiger partial charge in [-0.05, 0) is 42.7 Å². The Balaban J connectivity index is 2.14. The minimum atomic E-state index is -0.295. The van der Waals surface area contributed by atoms with Gasteiger partial charge in [-0.2, -0.15) is 0 Å². The first-order valence-electron chi connectivity index (χ1n) is 8.23. The van der Waals surface area contributed by atoms with Crippen molar-refractivity contribution < 1.29 is 9.50 Å². The molecule has 4 nitrogen and oxygen atoms in total. The largest absolute Gasteiger partial charge is 0.506 e. The van der Waals surface area contributed by atoms with Gasteiger partial charge in [-0.3, -0.25) is 0 Å². The number of benzene rings is 2. The van der Waals surface area contributed by atoms with E-state index in [1.54, 1.807) is 30.3 Å². The first-order chi connectivity index (χ1) is 12.0. The molecule has 134 valence electrons. The zero-order chi connectivity index (χ0) is 18.2. The molecule has 2 aromatic rings.